The SMILES string of the molecule is CCC1CCCCCN1c1nc(CCC(=O)OC)cs1. The van der Waals surface area contributed by atoms with Gasteiger partial charge in [-0.15, -0.1) is 11.3 Å². The first kappa shape index (κ1) is 15.3. The first-order chi connectivity index (χ1) is 9.74. The van der Waals surface area contributed by atoms with Crippen LogP contribution in [0, 0.1) is 0 Å². The van der Waals surface area contributed by atoms with Gasteiger partial charge < -0.3 is 9.64 Å². The van der Waals surface area contributed by atoms with Crippen LogP contribution >= 0.6 is 11.3 Å². The minimum atomic E-state index is -0.166. The highest BCUT2D eigenvalue weighted by atomic mass is 32.1. The van der Waals surface area contributed by atoms with Gasteiger partial charge in [-0.2, -0.15) is 0 Å². The van der Waals surface area contributed by atoms with Crippen LogP contribution in [0.4, 0.5) is 5.13 Å². The average Bonchev–Trinajstić information content (AvgIpc) is 2.81. The molecule has 2 heterocycles. The van der Waals surface area contributed by atoms with Crippen molar-refractivity contribution in [2.24, 2.45) is 0 Å². The van der Waals surface area contributed by atoms with Gasteiger partial charge in [0.15, 0.2) is 5.13 Å². The fourth-order valence-electron chi connectivity index (χ4n) is 2.73. The van der Waals surface area contributed by atoms with E-state index in [-0.39, 0.29) is 5.97 Å². The number of hydrogen-bond donors (Lipinski definition) is 0. The van der Waals surface area contributed by atoms with E-state index in [0.29, 0.717) is 18.9 Å². The summed E-state index contributed by atoms with van der Waals surface area (Å²) in [5.41, 5.74) is 1.01. The number of ether oxygens (including phenoxy) is 1. The molecule has 0 aliphatic carbocycles. The van der Waals surface area contributed by atoms with E-state index in [1.165, 1.54) is 39.2 Å². The van der Waals surface area contributed by atoms with Gasteiger partial charge in [-0.25, -0.2) is 4.98 Å². The van der Waals surface area contributed by atoms with E-state index in [4.69, 9.17) is 4.98 Å². The molecule has 1 aromatic rings. The molecule has 0 radical (unpaired) electrons. The molecule has 1 fully saturated rings. The summed E-state index contributed by atoms with van der Waals surface area (Å²) < 4.78 is 4.67. The van der Waals surface area contributed by atoms with Crippen molar-refractivity contribution in [3.8, 4) is 0 Å². The highest BCUT2D eigenvalue weighted by Gasteiger charge is 2.22. The van der Waals surface area contributed by atoms with Crippen molar-refractivity contribution in [2.75, 3.05) is 18.6 Å². The van der Waals surface area contributed by atoms with Crippen LogP contribution < -0.4 is 4.90 Å². The Balaban J connectivity index is 2.00. The monoisotopic (exact) mass is 296 g/mol. The lowest BCUT2D eigenvalue weighted by Crippen LogP contribution is -2.34. The Hall–Kier alpha value is -1.10. The van der Waals surface area contributed by atoms with Crippen LogP contribution in [0.15, 0.2) is 5.38 Å². The molecule has 5 heteroatoms. The van der Waals surface area contributed by atoms with Crippen molar-refractivity contribution in [3.63, 3.8) is 0 Å². The van der Waals surface area contributed by atoms with Crippen molar-refractivity contribution in [2.45, 2.75) is 57.9 Å². The van der Waals surface area contributed by atoms with Crippen molar-refractivity contribution >= 4 is 22.4 Å². The summed E-state index contributed by atoms with van der Waals surface area (Å²) in [6.07, 6.45) is 7.45. The van der Waals surface area contributed by atoms with Gasteiger partial charge in [0.2, 0.25) is 0 Å². The Kier molecular flexibility index (Phi) is 5.83. The first-order valence-corrected chi connectivity index (χ1v) is 8.40. The molecule has 0 bridgehead atoms. The molecule has 0 aromatic carbocycles. The molecular formula is C15H24N2O2S. The Morgan fingerprint density at radius 1 is 1.50 bits per heavy atom. The molecule has 1 atom stereocenters. The number of thiazole rings is 1. The molecule has 4 nitrogen and oxygen atoms in total. The Morgan fingerprint density at radius 3 is 3.10 bits per heavy atom. The van der Waals surface area contributed by atoms with E-state index in [2.05, 4.69) is 21.9 Å². The molecule has 2 rings (SSSR count). The predicted octanol–water partition coefficient (Wildman–Crippen LogP) is 3.41. The lowest BCUT2D eigenvalue weighted by molar-refractivity contribution is -0.140. The summed E-state index contributed by atoms with van der Waals surface area (Å²) in [5, 5.41) is 3.20. The van der Waals surface area contributed by atoms with E-state index in [9.17, 15) is 4.79 Å². The van der Waals surface area contributed by atoms with E-state index in [1.807, 2.05) is 0 Å². The number of methoxy groups -OCH3 is 1. The smallest absolute Gasteiger partial charge is 0.305 e. The Bertz CT molecular complexity index is 433. The van der Waals surface area contributed by atoms with E-state index >= 15 is 0 Å². The third-order valence-electron chi connectivity index (χ3n) is 3.95. The van der Waals surface area contributed by atoms with Gasteiger partial charge in [0.05, 0.1) is 19.2 Å². The maximum Gasteiger partial charge on any atom is 0.305 e. The van der Waals surface area contributed by atoms with Crippen LogP contribution in [0.2, 0.25) is 0 Å². The van der Waals surface area contributed by atoms with Crippen LogP contribution in [-0.4, -0.2) is 30.6 Å². The summed E-state index contributed by atoms with van der Waals surface area (Å²) >= 11 is 1.71. The molecule has 1 saturated heterocycles. The highest BCUT2D eigenvalue weighted by Crippen LogP contribution is 2.29. The molecule has 112 valence electrons. The summed E-state index contributed by atoms with van der Waals surface area (Å²) in [6.45, 7) is 3.37. The lowest BCUT2D eigenvalue weighted by atomic mass is 10.1. The molecule has 1 aromatic heterocycles. The Morgan fingerprint density at radius 2 is 2.35 bits per heavy atom. The highest BCUT2D eigenvalue weighted by molar-refractivity contribution is 7.13. The number of rotatable bonds is 5. The summed E-state index contributed by atoms with van der Waals surface area (Å²) in [4.78, 5) is 18.4. The topological polar surface area (TPSA) is 42.4 Å². The summed E-state index contributed by atoms with van der Waals surface area (Å²) in [6, 6.07) is 0.622. The number of anilines is 1. The maximum absolute atomic E-state index is 11.2. The van der Waals surface area contributed by atoms with Crippen LogP contribution in [0.25, 0.3) is 0 Å². The van der Waals surface area contributed by atoms with Crippen molar-refractivity contribution < 1.29 is 9.53 Å². The zero-order chi connectivity index (χ0) is 14.4. The number of carbonyl (C=O) groups is 1. The number of carbonyl (C=O) groups excluding carboxylic acids is 1. The van der Waals surface area contributed by atoms with Crippen LogP contribution in [0.1, 0.15) is 51.1 Å². The maximum atomic E-state index is 11.2. The van der Waals surface area contributed by atoms with Gasteiger partial charge in [0, 0.05) is 24.4 Å². The van der Waals surface area contributed by atoms with Crippen molar-refractivity contribution in [1.29, 1.82) is 0 Å². The molecule has 0 saturated carbocycles. The number of aromatic nitrogens is 1. The second kappa shape index (κ2) is 7.62. The van der Waals surface area contributed by atoms with Gasteiger partial charge in [0.1, 0.15) is 0 Å². The molecule has 1 aliphatic heterocycles. The third kappa shape index (κ3) is 3.95. The van der Waals surface area contributed by atoms with E-state index < -0.39 is 0 Å². The number of esters is 1. The van der Waals surface area contributed by atoms with Gasteiger partial charge in [-0.3, -0.25) is 4.79 Å². The Labute approximate surface area is 125 Å². The first-order valence-electron chi connectivity index (χ1n) is 7.52. The zero-order valence-electron chi connectivity index (χ0n) is 12.4. The van der Waals surface area contributed by atoms with Gasteiger partial charge >= 0.3 is 5.97 Å². The normalized spacial score (nSPS) is 19.7. The molecular weight excluding hydrogens is 272 g/mol. The molecule has 0 amide bonds. The third-order valence-corrected chi connectivity index (χ3v) is 4.87. The number of hydrogen-bond acceptors (Lipinski definition) is 5. The van der Waals surface area contributed by atoms with Crippen LogP contribution in [0.3, 0.4) is 0 Å². The molecule has 20 heavy (non-hydrogen) atoms. The van der Waals surface area contributed by atoms with Gasteiger partial charge in [-0.05, 0) is 19.3 Å². The summed E-state index contributed by atoms with van der Waals surface area (Å²) in [5.74, 6) is -0.166. The molecule has 0 spiro atoms. The second-order valence-corrected chi connectivity index (χ2v) is 6.14. The zero-order valence-corrected chi connectivity index (χ0v) is 13.2. The van der Waals surface area contributed by atoms with Gasteiger partial charge in [0.25, 0.3) is 0 Å². The number of aryl methyl sites for hydroxylation is 1. The van der Waals surface area contributed by atoms with Crippen molar-refractivity contribution in [3.05, 3.63) is 11.1 Å². The van der Waals surface area contributed by atoms with Gasteiger partial charge in [-0.1, -0.05) is 19.8 Å². The fourth-order valence-corrected chi connectivity index (χ4v) is 3.69. The molecule has 0 N–H and O–H groups in total. The standard InChI is InChI=1S/C15H24N2O2S/c1-3-13-7-5-4-6-10-17(13)15-16-12(11-20-15)8-9-14(18)19-2/h11,13H,3-10H2,1-2H3. The van der Waals surface area contributed by atoms with Crippen LogP contribution in [-0.2, 0) is 16.0 Å². The summed E-state index contributed by atoms with van der Waals surface area (Å²) in [7, 11) is 1.43. The fraction of sp³-hybridized carbons (Fsp3) is 0.733. The molecule has 1 unspecified atom stereocenters. The number of nitrogens with zero attached hydrogens (tertiary/aromatic N) is 2. The minimum absolute atomic E-state index is 0.166. The predicted molar refractivity (Wildman–Crippen MR) is 82.3 cm³/mol. The van der Waals surface area contributed by atoms with Crippen molar-refractivity contribution in [1.82, 2.24) is 4.98 Å². The molecule has 1 aliphatic rings. The quantitative estimate of drug-likeness (QED) is 0.781. The van der Waals surface area contributed by atoms with E-state index in [1.54, 1.807) is 11.3 Å². The van der Waals surface area contributed by atoms with Crippen LogP contribution in [0.5, 0.6) is 0 Å². The largest absolute Gasteiger partial charge is 0.469 e. The average molecular weight is 296 g/mol. The second-order valence-electron chi connectivity index (χ2n) is 5.30. The van der Waals surface area contributed by atoms with E-state index in [0.717, 1.165) is 17.4 Å². The lowest BCUT2D eigenvalue weighted by Gasteiger charge is -2.28. The minimum Gasteiger partial charge on any atom is -0.469 e.